The van der Waals surface area contributed by atoms with Gasteiger partial charge in [0.25, 0.3) is 17.9 Å². The number of thiazole rings is 1. The number of amides is 1. The van der Waals surface area contributed by atoms with Gasteiger partial charge in [-0.25, -0.2) is 0 Å². The molecule has 11 heteroatoms. The van der Waals surface area contributed by atoms with Crippen molar-refractivity contribution < 1.29 is 14.3 Å². The zero-order valence-electron chi connectivity index (χ0n) is 31.6. The van der Waals surface area contributed by atoms with Crippen LogP contribution >= 0.6 is 35.3 Å². The zero-order valence-corrected chi connectivity index (χ0v) is 34.0. The second-order valence-corrected chi connectivity index (χ2v) is 15.8. The SMILES string of the molecule is CCN1C(=O)C(=c2sc(=CC(C#N)=Cc3ccc(N(c4ccc(C)cc4)c4ccc(C=C(c5ccccc5)c5ccccc5)cc4)cc3)c(=O)n2COC=O)SC1=S. The number of hydrogen-bond donors (Lipinski definition) is 0. The first-order valence-corrected chi connectivity index (χ1v) is 20.4. The largest absolute Gasteiger partial charge is 0.446 e. The zero-order chi connectivity index (χ0) is 40.6. The van der Waals surface area contributed by atoms with E-state index >= 15 is 0 Å². The Labute approximate surface area is 349 Å². The van der Waals surface area contributed by atoms with Crippen molar-refractivity contribution in [3.05, 3.63) is 186 Å². The molecule has 58 heavy (non-hydrogen) atoms. The lowest BCUT2D eigenvalue weighted by molar-refractivity contribution is -0.132. The fourth-order valence-corrected chi connectivity index (χ4v) is 9.07. The predicted molar refractivity (Wildman–Crippen MR) is 240 cm³/mol. The molecule has 5 aromatic carbocycles. The molecule has 1 saturated heterocycles. The lowest BCUT2D eigenvalue weighted by Gasteiger charge is -2.26. The molecule has 286 valence electrons. The number of anilines is 3. The van der Waals surface area contributed by atoms with Crippen LogP contribution in [0.25, 0.3) is 28.7 Å². The molecule has 2 heterocycles. The summed E-state index contributed by atoms with van der Waals surface area (Å²) in [4.78, 5) is 41.6. The third-order valence-corrected chi connectivity index (χ3v) is 12.0. The lowest BCUT2D eigenvalue weighted by atomic mass is 9.95. The number of aryl methyl sites for hydroxylation is 1. The monoisotopic (exact) mass is 816 g/mol. The number of ether oxygens (including phenoxy) is 1. The predicted octanol–water partition coefficient (Wildman–Crippen LogP) is 8.78. The third-order valence-electron chi connectivity index (χ3n) is 9.35. The molecule has 0 radical (unpaired) electrons. The Kier molecular flexibility index (Phi) is 12.4. The van der Waals surface area contributed by atoms with Crippen LogP contribution in [0.3, 0.4) is 0 Å². The van der Waals surface area contributed by atoms with E-state index in [4.69, 9.17) is 17.0 Å². The van der Waals surface area contributed by atoms with Gasteiger partial charge in [-0.05, 0) is 96.3 Å². The van der Waals surface area contributed by atoms with Crippen LogP contribution in [0.4, 0.5) is 17.1 Å². The molecule has 1 aromatic heterocycles. The number of hydrogen-bond acceptors (Lipinski definition) is 9. The highest BCUT2D eigenvalue weighted by Gasteiger charge is 2.33. The van der Waals surface area contributed by atoms with Crippen LogP contribution in [0, 0.1) is 18.3 Å². The summed E-state index contributed by atoms with van der Waals surface area (Å²) in [6.07, 6.45) is 5.39. The highest BCUT2D eigenvalue weighted by Crippen LogP contribution is 2.36. The third kappa shape index (κ3) is 8.70. The second kappa shape index (κ2) is 18.1. The van der Waals surface area contributed by atoms with Gasteiger partial charge >= 0.3 is 0 Å². The van der Waals surface area contributed by atoms with Gasteiger partial charge in [0.05, 0.1) is 16.2 Å². The summed E-state index contributed by atoms with van der Waals surface area (Å²) in [5.74, 6) is -0.325. The summed E-state index contributed by atoms with van der Waals surface area (Å²) < 4.78 is 7.03. The van der Waals surface area contributed by atoms with Crippen LogP contribution in [0.2, 0.25) is 0 Å². The fourth-order valence-electron chi connectivity index (χ4n) is 6.45. The molecule has 1 fully saturated rings. The van der Waals surface area contributed by atoms with E-state index in [0.717, 1.165) is 73.6 Å². The van der Waals surface area contributed by atoms with Crippen molar-refractivity contribution >= 4 is 97.8 Å². The maximum absolute atomic E-state index is 13.5. The molecule has 1 aliphatic rings. The number of nitrogens with zero attached hydrogens (tertiary/aromatic N) is 4. The first-order chi connectivity index (χ1) is 28.3. The van der Waals surface area contributed by atoms with E-state index in [2.05, 4.69) is 121 Å². The molecule has 0 spiro atoms. The summed E-state index contributed by atoms with van der Waals surface area (Å²) in [6, 6.07) is 47.6. The Morgan fingerprint density at radius 3 is 1.83 bits per heavy atom. The molecule has 1 aliphatic heterocycles. The van der Waals surface area contributed by atoms with Crippen molar-refractivity contribution in [1.29, 1.82) is 5.26 Å². The first-order valence-electron chi connectivity index (χ1n) is 18.3. The molecule has 0 N–H and O–H groups in total. The number of carbonyl (C=O) groups is 2. The van der Waals surface area contributed by atoms with E-state index in [1.54, 1.807) is 6.08 Å². The average molecular weight is 817 g/mol. The summed E-state index contributed by atoms with van der Waals surface area (Å²) in [6.45, 7) is 4.10. The number of allylic oxidation sites excluding steroid dienone is 1. The number of carbonyl (C=O) groups excluding carboxylic acids is 2. The molecule has 0 atom stereocenters. The van der Waals surface area contributed by atoms with Crippen LogP contribution in [0.1, 0.15) is 34.7 Å². The van der Waals surface area contributed by atoms with Crippen LogP contribution < -0.4 is 19.7 Å². The number of thioether (sulfide) groups is 1. The quantitative estimate of drug-likeness (QED) is 0.0524. The molecular formula is C47H36N4O4S3. The number of nitriles is 1. The molecule has 0 aliphatic carbocycles. The highest BCUT2D eigenvalue weighted by molar-refractivity contribution is 8.30. The van der Waals surface area contributed by atoms with E-state index in [9.17, 15) is 19.6 Å². The summed E-state index contributed by atoms with van der Waals surface area (Å²) in [7, 11) is 0. The van der Waals surface area contributed by atoms with Crippen molar-refractivity contribution in [2.24, 2.45) is 0 Å². The smallest absolute Gasteiger partial charge is 0.294 e. The van der Waals surface area contributed by atoms with Crippen LogP contribution in [0.5, 0.6) is 0 Å². The number of thiocarbonyl (C=S) groups is 1. The van der Waals surface area contributed by atoms with Crippen molar-refractivity contribution in [2.75, 3.05) is 11.4 Å². The molecule has 7 rings (SSSR count). The summed E-state index contributed by atoms with van der Waals surface area (Å²) in [5, 5.41) is 10.2. The van der Waals surface area contributed by atoms with Crippen molar-refractivity contribution in [1.82, 2.24) is 9.47 Å². The van der Waals surface area contributed by atoms with E-state index in [0.29, 0.717) is 15.5 Å². The van der Waals surface area contributed by atoms with Crippen molar-refractivity contribution in [3.8, 4) is 6.07 Å². The van der Waals surface area contributed by atoms with Crippen molar-refractivity contribution in [3.63, 3.8) is 0 Å². The maximum Gasteiger partial charge on any atom is 0.294 e. The fraction of sp³-hybridized carbons (Fsp3) is 0.0851. The minimum absolute atomic E-state index is 0.208. The number of benzene rings is 5. The Morgan fingerprint density at radius 1 is 0.793 bits per heavy atom. The minimum Gasteiger partial charge on any atom is -0.446 e. The molecule has 0 saturated carbocycles. The van der Waals surface area contributed by atoms with Gasteiger partial charge in [-0.15, -0.1) is 11.3 Å². The molecule has 1 amide bonds. The van der Waals surface area contributed by atoms with Gasteiger partial charge in [0.2, 0.25) is 0 Å². The first kappa shape index (κ1) is 39.6. The number of aromatic nitrogens is 1. The van der Waals surface area contributed by atoms with Crippen LogP contribution in [-0.4, -0.2) is 32.7 Å². The highest BCUT2D eigenvalue weighted by atomic mass is 32.2. The minimum atomic E-state index is -0.494. The van der Waals surface area contributed by atoms with Gasteiger partial charge in [-0.2, -0.15) is 5.26 Å². The standard InChI is InChI=1S/C47H36N4O4S3/c1-3-49-45(54)43(58-47(49)56)46-50(30-55-31-52)44(53)42(57-46)28-35(29-48)26-33-16-22-39(23-17-33)51(38-20-14-32(2)15-21-38)40-24-18-34(19-25-40)27-41(36-10-6-4-7-11-36)37-12-8-5-9-13-37/h4-28,31H,3,30H2,1-2H3. The summed E-state index contributed by atoms with van der Waals surface area (Å²) in [5.41, 5.74) is 8.98. The van der Waals surface area contributed by atoms with E-state index in [1.807, 2.05) is 43.3 Å². The normalized spacial score (nSPS) is 14.0. The number of rotatable bonds is 12. The summed E-state index contributed by atoms with van der Waals surface area (Å²) >= 11 is 7.50. The van der Waals surface area contributed by atoms with Crippen LogP contribution in [-0.2, 0) is 21.1 Å². The van der Waals surface area contributed by atoms with Gasteiger partial charge in [-0.1, -0.05) is 127 Å². The topological polar surface area (TPSA) is 95.6 Å². The van der Waals surface area contributed by atoms with Gasteiger partial charge in [0.1, 0.15) is 13.9 Å². The molecule has 8 nitrogen and oxygen atoms in total. The molecule has 6 aromatic rings. The second-order valence-electron chi connectivity index (χ2n) is 13.1. The Bertz CT molecular complexity index is 2730. The van der Waals surface area contributed by atoms with Gasteiger partial charge in [-0.3, -0.25) is 23.9 Å². The molecular weight excluding hydrogens is 781 g/mol. The Morgan fingerprint density at radius 2 is 1.33 bits per heavy atom. The van der Waals surface area contributed by atoms with Crippen LogP contribution in [0.15, 0.2) is 144 Å². The van der Waals surface area contributed by atoms with E-state index in [-0.39, 0.29) is 34.1 Å². The van der Waals surface area contributed by atoms with Gasteiger partial charge in [0, 0.05) is 23.6 Å². The molecule has 0 bridgehead atoms. The molecule has 0 unspecified atom stereocenters. The lowest BCUT2D eigenvalue weighted by Crippen LogP contribution is -2.34. The van der Waals surface area contributed by atoms with E-state index in [1.165, 1.54) is 15.5 Å². The van der Waals surface area contributed by atoms with E-state index < -0.39 is 5.56 Å². The van der Waals surface area contributed by atoms with Crippen molar-refractivity contribution in [2.45, 2.75) is 20.6 Å². The van der Waals surface area contributed by atoms with Gasteiger partial charge < -0.3 is 9.64 Å². The maximum atomic E-state index is 13.5. The Balaban J connectivity index is 1.23. The average Bonchev–Trinajstić information content (AvgIpc) is 3.72. The van der Waals surface area contributed by atoms with Gasteiger partial charge in [0.15, 0.2) is 6.73 Å². The Hall–Kier alpha value is -6.58.